The van der Waals surface area contributed by atoms with Crippen LogP contribution in [-0.2, 0) is 10.9 Å². The van der Waals surface area contributed by atoms with E-state index in [1.54, 1.807) is 0 Å². The van der Waals surface area contributed by atoms with Crippen molar-refractivity contribution in [1.29, 1.82) is 0 Å². The summed E-state index contributed by atoms with van der Waals surface area (Å²) in [5.41, 5.74) is -0.719. The molecule has 1 aliphatic heterocycles. The molecular weight excluding hydrogens is 285 g/mol. The predicted molar refractivity (Wildman–Crippen MR) is 67.6 cm³/mol. The molecule has 1 unspecified atom stereocenters. The molecule has 0 radical (unpaired) electrons. The molecule has 1 saturated heterocycles. The number of hydrogen-bond donors (Lipinski definition) is 1. The lowest BCUT2D eigenvalue weighted by Crippen LogP contribution is -2.32. The molecule has 4 nitrogen and oxygen atoms in total. The van der Waals surface area contributed by atoms with Crippen LogP contribution in [0.15, 0.2) is 18.3 Å². The second-order valence-corrected chi connectivity index (χ2v) is 5.63. The van der Waals surface area contributed by atoms with Crippen molar-refractivity contribution in [3.63, 3.8) is 0 Å². The Labute approximate surface area is 119 Å². The van der Waals surface area contributed by atoms with Crippen LogP contribution < -0.4 is 5.32 Å². The van der Waals surface area contributed by atoms with E-state index in [9.17, 15) is 18.0 Å². The summed E-state index contributed by atoms with van der Waals surface area (Å²) in [7, 11) is 0. The van der Waals surface area contributed by atoms with Gasteiger partial charge in [0, 0.05) is 25.5 Å². The first-order chi connectivity index (χ1) is 9.91. The summed E-state index contributed by atoms with van der Waals surface area (Å²) in [6, 6.07) is 2.06. The molecular formula is C14H15F3N2O2. The molecule has 1 aliphatic carbocycles. The standard InChI is InChI=1S/C14H15F3N2O2/c15-14(16,17)9-1-2-10(18-8-9)12(20)19-11-7-13(11)3-5-21-6-4-13/h1-2,8,11H,3-7H2,(H,19,20). The van der Waals surface area contributed by atoms with Gasteiger partial charge < -0.3 is 10.1 Å². The number of carbonyl (C=O) groups excluding carboxylic acids is 1. The Balaban J connectivity index is 1.61. The maximum Gasteiger partial charge on any atom is 0.417 e. The van der Waals surface area contributed by atoms with Gasteiger partial charge >= 0.3 is 6.18 Å². The minimum atomic E-state index is -4.44. The van der Waals surface area contributed by atoms with Gasteiger partial charge in [0.05, 0.1) is 5.56 Å². The number of alkyl halides is 3. The molecule has 7 heteroatoms. The number of aromatic nitrogens is 1. The van der Waals surface area contributed by atoms with Crippen LogP contribution >= 0.6 is 0 Å². The summed E-state index contributed by atoms with van der Waals surface area (Å²) in [6.07, 6.45) is -1.02. The van der Waals surface area contributed by atoms with Gasteiger partial charge in [-0.3, -0.25) is 9.78 Å². The number of nitrogens with zero attached hydrogens (tertiary/aromatic N) is 1. The monoisotopic (exact) mass is 300 g/mol. The third-order valence-electron chi connectivity index (χ3n) is 4.31. The van der Waals surface area contributed by atoms with E-state index in [0.29, 0.717) is 19.4 Å². The van der Waals surface area contributed by atoms with Crippen LogP contribution in [0.25, 0.3) is 0 Å². The summed E-state index contributed by atoms with van der Waals surface area (Å²) in [5.74, 6) is -0.419. The van der Waals surface area contributed by atoms with Crippen molar-refractivity contribution in [2.75, 3.05) is 13.2 Å². The fraction of sp³-hybridized carbons (Fsp3) is 0.571. The number of ether oxygens (including phenoxy) is 1. The number of carbonyl (C=O) groups is 1. The minimum Gasteiger partial charge on any atom is -0.381 e. The van der Waals surface area contributed by atoms with E-state index in [4.69, 9.17) is 4.74 Å². The predicted octanol–water partition coefficient (Wildman–Crippen LogP) is 2.40. The van der Waals surface area contributed by atoms with Crippen LogP contribution in [-0.4, -0.2) is 30.1 Å². The lowest BCUT2D eigenvalue weighted by Gasteiger charge is -2.22. The van der Waals surface area contributed by atoms with Crippen LogP contribution in [0.3, 0.4) is 0 Å². The second-order valence-electron chi connectivity index (χ2n) is 5.63. The lowest BCUT2D eigenvalue weighted by atomic mass is 9.96. The maximum atomic E-state index is 12.4. The first kappa shape index (κ1) is 14.3. The van der Waals surface area contributed by atoms with E-state index in [0.717, 1.165) is 31.4 Å². The van der Waals surface area contributed by atoms with Gasteiger partial charge in [0.2, 0.25) is 0 Å². The average Bonchev–Trinajstić information content (AvgIpc) is 3.10. The number of halogens is 3. The molecule has 1 N–H and O–H groups in total. The van der Waals surface area contributed by atoms with Gasteiger partial charge in [-0.1, -0.05) is 0 Å². The average molecular weight is 300 g/mol. The highest BCUT2D eigenvalue weighted by molar-refractivity contribution is 5.92. The summed E-state index contributed by atoms with van der Waals surface area (Å²) in [5, 5.41) is 2.85. The van der Waals surface area contributed by atoms with Crippen LogP contribution in [0.5, 0.6) is 0 Å². The second kappa shape index (κ2) is 4.98. The minimum absolute atomic E-state index is 0.0112. The highest BCUT2D eigenvalue weighted by Gasteiger charge is 2.55. The van der Waals surface area contributed by atoms with E-state index in [1.165, 1.54) is 0 Å². The molecule has 3 rings (SSSR count). The fourth-order valence-electron chi connectivity index (χ4n) is 2.81. The van der Waals surface area contributed by atoms with E-state index in [1.807, 2.05) is 0 Å². The zero-order chi connectivity index (χ0) is 15.1. The quantitative estimate of drug-likeness (QED) is 0.912. The number of pyridine rings is 1. The first-order valence-electron chi connectivity index (χ1n) is 6.83. The normalized spacial score (nSPS) is 23.9. The van der Waals surface area contributed by atoms with Gasteiger partial charge in [-0.25, -0.2) is 0 Å². The maximum absolute atomic E-state index is 12.4. The van der Waals surface area contributed by atoms with Crippen molar-refractivity contribution in [2.24, 2.45) is 5.41 Å². The summed E-state index contributed by atoms with van der Waals surface area (Å²) in [4.78, 5) is 15.6. The molecule has 1 amide bonds. The molecule has 1 atom stereocenters. The van der Waals surface area contributed by atoms with Gasteiger partial charge in [-0.15, -0.1) is 0 Å². The van der Waals surface area contributed by atoms with Crippen LogP contribution in [0.2, 0.25) is 0 Å². The van der Waals surface area contributed by atoms with Crippen molar-refractivity contribution < 1.29 is 22.7 Å². The highest BCUT2D eigenvalue weighted by Crippen LogP contribution is 2.53. The van der Waals surface area contributed by atoms with Crippen molar-refractivity contribution in [1.82, 2.24) is 10.3 Å². The smallest absolute Gasteiger partial charge is 0.381 e. The third-order valence-corrected chi connectivity index (χ3v) is 4.31. The van der Waals surface area contributed by atoms with E-state index >= 15 is 0 Å². The molecule has 1 saturated carbocycles. The molecule has 0 bridgehead atoms. The molecule has 21 heavy (non-hydrogen) atoms. The molecule has 2 heterocycles. The molecule has 1 aromatic heterocycles. The summed E-state index contributed by atoms with van der Waals surface area (Å²) >= 11 is 0. The number of hydrogen-bond acceptors (Lipinski definition) is 3. The molecule has 0 aromatic carbocycles. The molecule has 1 spiro atoms. The number of rotatable bonds is 2. The largest absolute Gasteiger partial charge is 0.417 e. The molecule has 2 aliphatic rings. The Morgan fingerprint density at radius 3 is 2.62 bits per heavy atom. The number of nitrogens with one attached hydrogen (secondary N) is 1. The van der Waals surface area contributed by atoms with Gasteiger partial charge in [-0.2, -0.15) is 13.2 Å². The van der Waals surface area contributed by atoms with Crippen molar-refractivity contribution in [2.45, 2.75) is 31.5 Å². The Kier molecular flexibility index (Phi) is 3.39. The number of amides is 1. The molecule has 1 aromatic rings. The van der Waals surface area contributed by atoms with Crippen molar-refractivity contribution in [3.8, 4) is 0 Å². The Bertz CT molecular complexity index is 536. The molecule has 2 fully saturated rings. The van der Waals surface area contributed by atoms with Gasteiger partial charge in [0.1, 0.15) is 5.69 Å². The van der Waals surface area contributed by atoms with Crippen molar-refractivity contribution in [3.05, 3.63) is 29.6 Å². The molecule has 114 valence electrons. The third kappa shape index (κ3) is 2.88. The van der Waals surface area contributed by atoms with Gasteiger partial charge in [-0.05, 0) is 36.8 Å². The Hall–Kier alpha value is -1.63. The zero-order valence-electron chi connectivity index (χ0n) is 11.2. The van der Waals surface area contributed by atoms with Crippen LogP contribution in [0.4, 0.5) is 13.2 Å². The van der Waals surface area contributed by atoms with Crippen LogP contribution in [0, 0.1) is 5.41 Å². The van der Waals surface area contributed by atoms with Gasteiger partial charge in [0.15, 0.2) is 0 Å². The topological polar surface area (TPSA) is 51.2 Å². The summed E-state index contributed by atoms with van der Waals surface area (Å²) < 4.78 is 42.6. The Morgan fingerprint density at radius 2 is 2.05 bits per heavy atom. The SMILES string of the molecule is O=C(NC1CC12CCOCC2)c1ccc(C(F)(F)F)cn1. The highest BCUT2D eigenvalue weighted by atomic mass is 19.4. The Morgan fingerprint density at radius 1 is 1.33 bits per heavy atom. The van der Waals surface area contributed by atoms with Crippen LogP contribution in [0.1, 0.15) is 35.3 Å². The van der Waals surface area contributed by atoms with E-state index in [2.05, 4.69) is 10.3 Å². The van der Waals surface area contributed by atoms with E-state index < -0.39 is 17.6 Å². The fourth-order valence-corrected chi connectivity index (χ4v) is 2.81. The van der Waals surface area contributed by atoms with E-state index in [-0.39, 0.29) is 17.2 Å². The van der Waals surface area contributed by atoms with Gasteiger partial charge in [0.25, 0.3) is 5.91 Å². The van der Waals surface area contributed by atoms with Crippen molar-refractivity contribution >= 4 is 5.91 Å². The summed E-state index contributed by atoms with van der Waals surface area (Å²) in [6.45, 7) is 1.40. The zero-order valence-corrected chi connectivity index (χ0v) is 11.2. The lowest BCUT2D eigenvalue weighted by molar-refractivity contribution is -0.137. The first-order valence-corrected chi connectivity index (χ1v) is 6.83.